The lowest BCUT2D eigenvalue weighted by atomic mass is 10.0. The number of allylic oxidation sites excluding steroid dienone is 1. The fourth-order valence-corrected chi connectivity index (χ4v) is 2.72. The van der Waals surface area contributed by atoms with Crippen LogP contribution in [0.2, 0.25) is 0 Å². The largest absolute Gasteiger partial charge is 0.462 e. The quantitative estimate of drug-likeness (QED) is 0.829. The molecule has 1 N–H and O–H groups in total. The second-order valence-electron chi connectivity index (χ2n) is 5.83. The van der Waals surface area contributed by atoms with Crippen LogP contribution in [0.1, 0.15) is 55.0 Å². The maximum atomic E-state index is 12.3. The van der Waals surface area contributed by atoms with Crippen LogP contribution in [0.15, 0.2) is 21.8 Å². The summed E-state index contributed by atoms with van der Waals surface area (Å²) in [7, 11) is 0. The number of aromatic amines is 1. The van der Waals surface area contributed by atoms with Gasteiger partial charge in [0.1, 0.15) is 0 Å². The number of carbonyl (C=O) groups excluding carboxylic acids is 2. The number of nitrogens with one attached hydrogen (secondary N) is 1. The predicted molar refractivity (Wildman–Crippen MR) is 96.6 cm³/mol. The van der Waals surface area contributed by atoms with E-state index in [1.165, 1.54) is 0 Å². The molecule has 0 radical (unpaired) electrons. The molecular formula is C19H24N2O4. The van der Waals surface area contributed by atoms with Crippen LogP contribution in [0.4, 0.5) is 0 Å². The Balaban J connectivity index is 2.55. The zero-order chi connectivity index (χ0) is 18.7. The number of hydrogen-bond acceptors (Lipinski definition) is 5. The van der Waals surface area contributed by atoms with Crippen LogP contribution in [-0.4, -0.2) is 35.8 Å². The van der Waals surface area contributed by atoms with Crippen molar-refractivity contribution in [2.24, 2.45) is 4.99 Å². The molecule has 1 aliphatic heterocycles. The molecule has 2 rings (SSSR count). The Kier molecular flexibility index (Phi) is 5.62. The van der Waals surface area contributed by atoms with Gasteiger partial charge in [0.05, 0.1) is 35.7 Å². The summed E-state index contributed by atoms with van der Waals surface area (Å²) in [5.41, 5.74) is 5.19. The van der Waals surface area contributed by atoms with E-state index in [2.05, 4.69) is 9.98 Å². The minimum atomic E-state index is -0.412. The molecule has 0 atom stereocenters. The molecule has 6 nitrogen and oxygen atoms in total. The third-order valence-electron chi connectivity index (χ3n) is 4.23. The highest BCUT2D eigenvalue weighted by molar-refractivity contribution is 6.13. The average Bonchev–Trinajstić information content (AvgIpc) is 2.97. The van der Waals surface area contributed by atoms with Crippen LogP contribution in [0.5, 0.6) is 0 Å². The maximum Gasteiger partial charge on any atom is 0.340 e. The number of aliphatic imine (C=N–C) groups is 1. The third-order valence-corrected chi connectivity index (χ3v) is 4.23. The van der Waals surface area contributed by atoms with Gasteiger partial charge in [-0.15, -0.1) is 0 Å². The Labute approximate surface area is 147 Å². The SMILES string of the molecule is CCOC(=O)C1=C(C)C(C)=N/C1=C/c1[nH]c(C)c(C)c1C(=O)OCC. The summed E-state index contributed by atoms with van der Waals surface area (Å²) >= 11 is 0. The summed E-state index contributed by atoms with van der Waals surface area (Å²) in [5, 5.41) is 0. The number of aromatic nitrogens is 1. The predicted octanol–water partition coefficient (Wildman–Crippen LogP) is 3.50. The number of hydrogen-bond donors (Lipinski definition) is 1. The zero-order valence-corrected chi connectivity index (χ0v) is 15.6. The number of H-pyrrole nitrogens is 1. The molecule has 1 aromatic rings. The van der Waals surface area contributed by atoms with E-state index in [0.29, 0.717) is 29.1 Å². The van der Waals surface area contributed by atoms with Gasteiger partial charge in [-0.1, -0.05) is 0 Å². The van der Waals surface area contributed by atoms with Crippen molar-refractivity contribution < 1.29 is 19.1 Å². The fourth-order valence-electron chi connectivity index (χ4n) is 2.72. The fraction of sp³-hybridized carbons (Fsp3) is 0.421. The van der Waals surface area contributed by atoms with Crippen molar-refractivity contribution in [2.45, 2.75) is 41.5 Å². The van der Waals surface area contributed by atoms with Gasteiger partial charge in [-0.2, -0.15) is 0 Å². The Hall–Kier alpha value is -2.63. The number of aryl methyl sites for hydroxylation is 1. The van der Waals surface area contributed by atoms with Gasteiger partial charge >= 0.3 is 11.9 Å². The van der Waals surface area contributed by atoms with Gasteiger partial charge in [-0.25, -0.2) is 9.59 Å². The van der Waals surface area contributed by atoms with Gasteiger partial charge in [0, 0.05) is 11.4 Å². The highest BCUT2D eigenvalue weighted by Gasteiger charge is 2.27. The lowest BCUT2D eigenvalue weighted by Crippen LogP contribution is -2.10. The molecule has 0 saturated heterocycles. The van der Waals surface area contributed by atoms with E-state index in [4.69, 9.17) is 9.47 Å². The smallest absolute Gasteiger partial charge is 0.340 e. The first-order valence-corrected chi connectivity index (χ1v) is 8.33. The molecule has 6 heteroatoms. The van der Waals surface area contributed by atoms with Gasteiger partial charge in [-0.05, 0) is 58.8 Å². The van der Waals surface area contributed by atoms with E-state index < -0.39 is 11.9 Å². The molecule has 134 valence electrons. The summed E-state index contributed by atoms with van der Waals surface area (Å²) in [6.07, 6.45) is 1.71. The van der Waals surface area contributed by atoms with Crippen LogP contribution < -0.4 is 0 Å². The van der Waals surface area contributed by atoms with E-state index in [9.17, 15) is 9.59 Å². The molecule has 1 aromatic heterocycles. The number of esters is 2. The molecular weight excluding hydrogens is 320 g/mol. The lowest BCUT2D eigenvalue weighted by molar-refractivity contribution is -0.138. The molecule has 0 aliphatic carbocycles. The molecule has 0 spiro atoms. The zero-order valence-electron chi connectivity index (χ0n) is 15.6. The highest BCUT2D eigenvalue weighted by atomic mass is 16.5. The van der Waals surface area contributed by atoms with E-state index in [1.807, 2.05) is 27.7 Å². The Morgan fingerprint density at radius 3 is 2.24 bits per heavy atom. The summed E-state index contributed by atoms with van der Waals surface area (Å²) in [4.78, 5) is 32.3. The van der Waals surface area contributed by atoms with Crippen molar-refractivity contribution in [1.29, 1.82) is 0 Å². The second kappa shape index (κ2) is 7.51. The topological polar surface area (TPSA) is 80.8 Å². The van der Waals surface area contributed by atoms with Crippen molar-refractivity contribution in [3.8, 4) is 0 Å². The number of carbonyl (C=O) groups is 2. The van der Waals surface area contributed by atoms with Crippen LogP contribution in [0, 0.1) is 13.8 Å². The van der Waals surface area contributed by atoms with E-state index in [-0.39, 0.29) is 6.61 Å². The summed E-state index contributed by atoms with van der Waals surface area (Å²) in [6.45, 7) is 11.5. The first-order chi connectivity index (χ1) is 11.8. The summed E-state index contributed by atoms with van der Waals surface area (Å²) in [6, 6.07) is 0. The first-order valence-electron chi connectivity index (χ1n) is 8.33. The molecule has 0 fully saturated rings. The molecule has 0 aromatic carbocycles. The van der Waals surface area contributed by atoms with Gasteiger partial charge in [0.15, 0.2) is 0 Å². The molecule has 0 unspecified atom stereocenters. The Morgan fingerprint density at radius 1 is 1.04 bits per heavy atom. The average molecular weight is 344 g/mol. The van der Waals surface area contributed by atoms with Crippen LogP contribution in [0.3, 0.4) is 0 Å². The summed E-state index contributed by atoms with van der Waals surface area (Å²) < 4.78 is 10.3. The van der Waals surface area contributed by atoms with Crippen molar-refractivity contribution >= 4 is 23.7 Å². The molecule has 1 aliphatic rings. The normalized spacial score (nSPS) is 15.6. The van der Waals surface area contributed by atoms with Crippen molar-refractivity contribution in [3.05, 3.63) is 39.4 Å². The Bertz CT molecular complexity index is 810. The van der Waals surface area contributed by atoms with Gasteiger partial charge in [-0.3, -0.25) is 4.99 Å². The standard InChI is InChI=1S/C19H24N2O4/c1-7-24-18(22)16-10(3)12(5)20-14(16)9-15-17(19(23)25-8-2)11(4)13(6)21-15/h9,20H,7-8H2,1-6H3/b15-9+. The third kappa shape index (κ3) is 3.57. The Morgan fingerprint density at radius 2 is 1.64 bits per heavy atom. The van der Waals surface area contributed by atoms with Crippen LogP contribution >= 0.6 is 0 Å². The van der Waals surface area contributed by atoms with Gasteiger partial charge in [0.25, 0.3) is 0 Å². The number of nitrogens with zero attached hydrogens (tertiary/aromatic N) is 1. The number of ether oxygens (including phenoxy) is 2. The van der Waals surface area contributed by atoms with Gasteiger partial charge in [0.2, 0.25) is 0 Å². The first kappa shape index (κ1) is 18.7. The number of rotatable bonds is 5. The maximum absolute atomic E-state index is 12.3. The van der Waals surface area contributed by atoms with Crippen LogP contribution in [-0.2, 0) is 14.3 Å². The monoisotopic (exact) mass is 344 g/mol. The molecule has 25 heavy (non-hydrogen) atoms. The highest BCUT2D eigenvalue weighted by Crippen LogP contribution is 2.30. The second-order valence-corrected chi connectivity index (χ2v) is 5.83. The molecule has 2 heterocycles. The van der Waals surface area contributed by atoms with E-state index >= 15 is 0 Å². The van der Waals surface area contributed by atoms with Crippen molar-refractivity contribution in [3.63, 3.8) is 0 Å². The summed E-state index contributed by atoms with van der Waals surface area (Å²) in [5.74, 6) is -0.808. The molecule has 0 bridgehead atoms. The van der Waals surface area contributed by atoms with E-state index in [0.717, 1.165) is 22.5 Å². The molecule has 0 saturated carbocycles. The van der Waals surface area contributed by atoms with E-state index in [1.54, 1.807) is 19.9 Å². The van der Waals surface area contributed by atoms with Crippen molar-refractivity contribution in [1.82, 2.24) is 4.98 Å². The lowest BCUT2D eigenvalue weighted by Gasteiger charge is -2.06. The minimum absolute atomic E-state index is 0.288. The van der Waals surface area contributed by atoms with Gasteiger partial charge < -0.3 is 14.5 Å². The molecule has 0 amide bonds. The minimum Gasteiger partial charge on any atom is -0.462 e. The van der Waals surface area contributed by atoms with Crippen LogP contribution in [0.25, 0.3) is 6.08 Å². The van der Waals surface area contributed by atoms with Crippen molar-refractivity contribution in [2.75, 3.05) is 13.2 Å².